The Bertz CT molecular complexity index is 778. The summed E-state index contributed by atoms with van der Waals surface area (Å²) in [6.45, 7) is 0. The van der Waals surface area contributed by atoms with E-state index >= 15 is 0 Å². The van der Waals surface area contributed by atoms with Gasteiger partial charge < -0.3 is 9.67 Å². The van der Waals surface area contributed by atoms with Crippen molar-refractivity contribution in [2.45, 2.75) is 25.7 Å². The highest BCUT2D eigenvalue weighted by atomic mass is 16.4. The van der Waals surface area contributed by atoms with Crippen molar-refractivity contribution in [2.24, 2.45) is 0 Å². The highest BCUT2D eigenvalue weighted by Crippen LogP contribution is 2.25. The van der Waals surface area contributed by atoms with Gasteiger partial charge in [-0.1, -0.05) is 18.2 Å². The average Bonchev–Trinajstić information content (AvgIpc) is 2.91. The standard InChI is InChI=1S/C18H18N2O2/c21-18(22)10-4-1-6-14-13-20(15-7-5-11-19-12-15)17-9-3-2-8-16(14)17/h2-3,5,7-9,11-13H,1,4,6,10H2,(H,21,22). The number of aliphatic carboxylic acids is 1. The highest BCUT2D eigenvalue weighted by Gasteiger charge is 2.09. The summed E-state index contributed by atoms with van der Waals surface area (Å²) in [5.74, 6) is -0.724. The first kappa shape index (κ1) is 14.3. The molecule has 112 valence electrons. The topological polar surface area (TPSA) is 55.1 Å². The Balaban J connectivity index is 1.89. The van der Waals surface area contributed by atoms with Crippen LogP contribution in [0.5, 0.6) is 0 Å². The van der Waals surface area contributed by atoms with Crippen LogP contribution in [0.4, 0.5) is 0 Å². The SMILES string of the molecule is O=C(O)CCCCc1cn(-c2cccnc2)c2ccccc12. The van der Waals surface area contributed by atoms with Gasteiger partial charge in [0.05, 0.1) is 17.4 Å². The molecule has 3 rings (SSSR count). The van der Waals surface area contributed by atoms with Crippen molar-refractivity contribution < 1.29 is 9.90 Å². The van der Waals surface area contributed by atoms with Crippen LogP contribution in [0.3, 0.4) is 0 Å². The number of carboxylic acids is 1. The van der Waals surface area contributed by atoms with Crippen molar-refractivity contribution in [2.75, 3.05) is 0 Å². The molecule has 0 spiro atoms. The molecule has 0 saturated carbocycles. The summed E-state index contributed by atoms with van der Waals surface area (Å²) >= 11 is 0. The second-order valence-corrected chi connectivity index (χ2v) is 5.35. The molecule has 0 aliphatic heterocycles. The van der Waals surface area contributed by atoms with Crippen LogP contribution in [0.25, 0.3) is 16.6 Å². The van der Waals surface area contributed by atoms with Crippen molar-refractivity contribution >= 4 is 16.9 Å². The minimum absolute atomic E-state index is 0.237. The Labute approximate surface area is 129 Å². The van der Waals surface area contributed by atoms with Crippen LogP contribution >= 0.6 is 0 Å². The molecule has 0 atom stereocenters. The molecule has 1 N–H and O–H groups in total. The molecule has 0 saturated heterocycles. The van der Waals surface area contributed by atoms with E-state index in [2.05, 4.69) is 27.9 Å². The van der Waals surface area contributed by atoms with Crippen LogP contribution < -0.4 is 0 Å². The van der Waals surface area contributed by atoms with E-state index in [0.717, 1.165) is 24.0 Å². The number of unbranched alkanes of at least 4 members (excludes halogenated alkanes) is 1. The van der Waals surface area contributed by atoms with Gasteiger partial charge in [-0.05, 0) is 43.0 Å². The zero-order valence-corrected chi connectivity index (χ0v) is 12.3. The molecule has 1 aromatic carbocycles. The Kier molecular flexibility index (Phi) is 4.19. The monoisotopic (exact) mass is 294 g/mol. The van der Waals surface area contributed by atoms with Gasteiger partial charge >= 0.3 is 5.97 Å². The third-order valence-corrected chi connectivity index (χ3v) is 3.81. The third kappa shape index (κ3) is 3.01. The lowest BCUT2D eigenvalue weighted by Crippen LogP contribution is -1.95. The molecule has 0 bridgehead atoms. The number of pyridine rings is 1. The minimum atomic E-state index is -0.724. The smallest absolute Gasteiger partial charge is 0.303 e. The number of carbonyl (C=O) groups is 1. The van der Waals surface area contributed by atoms with Crippen molar-refractivity contribution in [1.82, 2.24) is 9.55 Å². The maximum atomic E-state index is 10.6. The van der Waals surface area contributed by atoms with E-state index in [9.17, 15) is 4.79 Å². The normalized spacial score (nSPS) is 10.9. The predicted octanol–water partition coefficient (Wildman–Crippen LogP) is 3.82. The minimum Gasteiger partial charge on any atom is -0.481 e. The molecule has 0 aliphatic carbocycles. The maximum Gasteiger partial charge on any atom is 0.303 e. The molecule has 0 radical (unpaired) electrons. The number of hydrogen-bond donors (Lipinski definition) is 1. The van der Waals surface area contributed by atoms with E-state index < -0.39 is 5.97 Å². The number of nitrogens with zero attached hydrogens (tertiary/aromatic N) is 2. The molecule has 0 unspecified atom stereocenters. The molecule has 22 heavy (non-hydrogen) atoms. The van der Waals surface area contributed by atoms with Crippen LogP contribution in [0, 0.1) is 0 Å². The van der Waals surface area contributed by atoms with Crippen LogP contribution in [-0.2, 0) is 11.2 Å². The molecule has 3 aromatic rings. The third-order valence-electron chi connectivity index (χ3n) is 3.81. The fraction of sp³-hybridized carbons (Fsp3) is 0.222. The van der Waals surface area contributed by atoms with Crippen molar-refractivity contribution in [3.8, 4) is 5.69 Å². The molecule has 4 heteroatoms. The number of fused-ring (bicyclic) bond motifs is 1. The Morgan fingerprint density at radius 3 is 2.77 bits per heavy atom. The van der Waals surface area contributed by atoms with E-state index in [1.807, 2.05) is 30.5 Å². The zero-order chi connectivity index (χ0) is 15.4. The van der Waals surface area contributed by atoms with Gasteiger partial charge in [0.2, 0.25) is 0 Å². The second-order valence-electron chi connectivity index (χ2n) is 5.35. The van der Waals surface area contributed by atoms with E-state index in [4.69, 9.17) is 5.11 Å². The molecule has 4 nitrogen and oxygen atoms in total. The van der Waals surface area contributed by atoms with Crippen molar-refractivity contribution in [1.29, 1.82) is 0 Å². The molecule has 2 heterocycles. The van der Waals surface area contributed by atoms with E-state index in [0.29, 0.717) is 6.42 Å². The lowest BCUT2D eigenvalue weighted by atomic mass is 10.1. The van der Waals surface area contributed by atoms with Crippen LogP contribution in [0.15, 0.2) is 55.0 Å². The number of aromatic nitrogens is 2. The fourth-order valence-corrected chi connectivity index (χ4v) is 2.75. The number of rotatable bonds is 6. The summed E-state index contributed by atoms with van der Waals surface area (Å²) in [7, 11) is 0. The van der Waals surface area contributed by atoms with E-state index in [-0.39, 0.29) is 6.42 Å². The van der Waals surface area contributed by atoms with E-state index in [1.165, 1.54) is 10.9 Å². The first-order valence-electron chi connectivity index (χ1n) is 7.47. The van der Waals surface area contributed by atoms with Gasteiger partial charge in [0.15, 0.2) is 0 Å². The van der Waals surface area contributed by atoms with Crippen molar-refractivity contribution in [3.05, 3.63) is 60.6 Å². The van der Waals surface area contributed by atoms with Crippen LogP contribution in [0.2, 0.25) is 0 Å². The Morgan fingerprint density at radius 1 is 1.14 bits per heavy atom. The lowest BCUT2D eigenvalue weighted by Gasteiger charge is -2.03. The summed E-state index contributed by atoms with van der Waals surface area (Å²) in [5.41, 5.74) is 3.45. The molecule has 0 fully saturated rings. The number of hydrogen-bond acceptors (Lipinski definition) is 2. The number of aryl methyl sites for hydroxylation is 1. The Hall–Kier alpha value is -2.62. The average molecular weight is 294 g/mol. The predicted molar refractivity (Wildman–Crippen MR) is 86.3 cm³/mol. The molecule has 2 aromatic heterocycles. The summed E-state index contributed by atoms with van der Waals surface area (Å²) < 4.78 is 2.15. The molecular formula is C18H18N2O2. The number of carboxylic acid groups (broad SMARTS) is 1. The van der Waals surface area contributed by atoms with Gasteiger partial charge in [0.25, 0.3) is 0 Å². The summed E-state index contributed by atoms with van der Waals surface area (Å²) in [6.07, 6.45) is 8.47. The van der Waals surface area contributed by atoms with Gasteiger partial charge in [-0.2, -0.15) is 0 Å². The first-order chi connectivity index (χ1) is 10.8. The highest BCUT2D eigenvalue weighted by molar-refractivity contribution is 5.85. The molecular weight excluding hydrogens is 276 g/mol. The quantitative estimate of drug-likeness (QED) is 0.703. The fourth-order valence-electron chi connectivity index (χ4n) is 2.75. The summed E-state index contributed by atoms with van der Waals surface area (Å²) in [5, 5.41) is 9.95. The van der Waals surface area contributed by atoms with Gasteiger partial charge in [0.1, 0.15) is 0 Å². The zero-order valence-electron chi connectivity index (χ0n) is 12.3. The lowest BCUT2D eigenvalue weighted by molar-refractivity contribution is -0.137. The van der Waals surface area contributed by atoms with Gasteiger partial charge in [-0.15, -0.1) is 0 Å². The van der Waals surface area contributed by atoms with Crippen molar-refractivity contribution in [3.63, 3.8) is 0 Å². The number of benzene rings is 1. The van der Waals surface area contributed by atoms with E-state index in [1.54, 1.807) is 6.20 Å². The first-order valence-corrected chi connectivity index (χ1v) is 7.47. The summed E-state index contributed by atoms with van der Waals surface area (Å²) in [6, 6.07) is 12.3. The van der Waals surface area contributed by atoms with Gasteiger partial charge in [0, 0.05) is 24.2 Å². The molecule has 0 amide bonds. The summed E-state index contributed by atoms with van der Waals surface area (Å²) in [4.78, 5) is 14.8. The van der Waals surface area contributed by atoms with Gasteiger partial charge in [-0.25, -0.2) is 0 Å². The maximum absolute atomic E-state index is 10.6. The molecule has 0 aliphatic rings. The van der Waals surface area contributed by atoms with Gasteiger partial charge in [-0.3, -0.25) is 9.78 Å². The second kappa shape index (κ2) is 6.43. The van der Waals surface area contributed by atoms with Crippen LogP contribution in [0.1, 0.15) is 24.8 Å². The largest absolute Gasteiger partial charge is 0.481 e. The van der Waals surface area contributed by atoms with Crippen LogP contribution in [-0.4, -0.2) is 20.6 Å². The number of para-hydroxylation sites is 1. The Morgan fingerprint density at radius 2 is 2.00 bits per heavy atom.